The maximum absolute atomic E-state index is 12.2. The van der Waals surface area contributed by atoms with Gasteiger partial charge in [-0.05, 0) is 29.7 Å². The fourth-order valence-corrected chi connectivity index (χ4v) is 3.06. The van der Waals surface area contributed by atoms with Crippen LogP contribution in [-0.2, 0) is 29.6 Å². The largest absolute Gasteiger partial charge is 0.392 e. The first-order chi connectivity index (χ1) is 10.1. The molecule has 0 saturated heterocycles. The number of nitrogens with one attached hydrogen (secondary N) is 1. The Balaban J connectivity index is 2.08. The number of benzene rings is 1. The van der Waals surface area contributed by atoms with Gasteiger partial charge in [0.15, 0.2) is 0 Å². The van der Waals surface area contributed by atoms with Crippen molar-refractivity contribution in [1.29, 1.82) is 0 Å². The van der Waals surface area contributed by atoms with Crippen molar-refractivity contribution in [1.82, 2.24) is 19.7 Å². The average Bonchev–Trinajstić information content (AvgIpc) is 2.99. The van der Waals surface area contributed by atoms with Crippen LogP contribution in [-0.4, -0.2) is 35.1 Å². The molecule has 21 heavy (non-hydrogen) atoms. The standard InChI is InChI=1S/C13H18N4O3S/c1-2-11-3-4-13(9-12(11)10-18)21(19,20)15-6-8-17-7-5-14-16-17/h3-5,7,9,15,18H,2,6,8,10H2,1H3. The zero-order valence-corrected chi connectivity index (χ0v) is 12.5. The van der Waals surface area contributed by atoms with Crippen LogP contribution in [0.25, 0.3) is 0 Å². The molecule has 7 nitrogen and oxygen atoms in total. The molecule has 0 bridgehead atoms. The normalized spacial score (nSPS) is 11.7. The molecule has 114 valence electrons. The Morgan fingerprint density at radius 1 is 1.33 bits per heavy atom. The molecule has 2 aromatic rings. The Labute approximate surface area is 123 Å². The van der Waals surface area contributed by atoms with Gasteiger partial charge in [-0.2, -0.15) is 0 Å². The van der Waals surface area contributed by atoms with Crippen molar-refractivity contribution in [3.05, 3.63) is 41.7 Å². The van der Waals surface area contributed by atoms with Crippen LogP contribution in [0.5, 0.6) is 0 Å². The Kier molecular flexibility index (Phi) is 5.05. The summed E-state index contributed by atoms with van der Waals surface area (Å²) >= 11 is 0. The van der Waals surface area contributed by atoms with Crippen molar-refractivity contribution >= 4 is 10.0 Å². The fraction of sp³-hybridized carbons (Fsp3) is 0.385. The first kappa shape index (κ1) is 15.6. The molecule has 8 heteroatoms. The highest BCUT2D eigenvalue weighted by Crippen LogP contribution is 2.16. The minimum absolute atomic E-state index is 0.155. The Morgan fingerprint density at radius 2 is 2.14 bits per heavy atom. The van der Waals surface area contributed by atoms with Crippen molar-refractivity contribution in [2.75, 3.05) is 6.54 Å². The predicted octanol–water partition coefficient (Wildman–Crippen LogP) is 0.311. The number of aromatic nitrogens is 3. The zero-order chi connectivity index (χ0) is 15.3. The van der Waals surface area contributed by atoms with E-state index >= 15 is 0 Å². The maximum Gasteiger partial charge on any atom is 0.240 e. The highest BCUT2D eigenvalue weighted by Gasteiger charge is 2.15. The molecule has 2 rings (SSSR count). The lowest BCUT2D eigenvalue weighted by Crippen LogP contribution is -2.27. The number of aliphatic hydroxyl groups excluding tert-OH is 1. The van der Waals surface area contributed by atoms with Gasteiger partial charge in [-0.1, -0.05) is 18.2 Å². The van der Waals surface area contributed by atoms with Crippen LogP contribution in [0, 0.1) is 0 Å². The molecule has 0 aliphatic rings. The van der Waals surface area contributed by atoms with E-state index in [0.717, 1.165) is 12.0 Å². The van der Waals surface area contributed by atoms with Crippen LogP contribution in [0.15, 0.2) is 35.5 Å². The summed E-state index contributed by atoms with van der Waals surface area (Å²) in [5.41, 5.74) is 1.58. The minimum atomic E-state index is -3.59. The van der Waals surface area contributed by atoms with Crippen molar-refractivity contribution < 1.29 is 13.5 Å². The van der Waals surface area contributed by atoms with Crippen LogP contribution in [0.2, 0.25) is 0 Å². The Hall–Kier alpha value is -1.77. The van der Waals surface area contributed by atoms with E-state index < -0.39 is 10.0 Å². The smallest absolute Gasteiger partial charge is 0.240 e. The second-order valence-electron chi connectivity index (χ2n) is 4.51. The van der Waals surface area contributed by atoms with E-state index in [-0.39, 0.29) is 18.0 Å². The molecule has 0 aliphatic heterocycles. The summed E-state index contributed by atoms with van der Waals surface area (Å²) in [5.74, 6) is 0. The third-order valence-electron chi connectivity index (χ3n) is 3.14. The maximum atomic E-state index is 12.2. The third-order valence-corrected chi connectivity index (χ3v) is 4.60. The van der Waals surface area contributed by atoms with Crippen molar-refractivity contribution in [3.8, 4) is 0 Å². The molecule has 2 N–H and O–H groups in total. The van der Waals surface area contributed by atoms with Crippen molar-refractivity contribution in [2.24, 2.45) is 0 Å². The first-order valence-electron chi connectivity index (χ1n) is 6.63. The summed E-state index contributed by atoms with van der Waals surface area (Å²) < 4.78 is 28.4. The van der Waals surface area contributed by atoms with E-state index in [1.54, 1.807) is 23.0 Å². The van der Waals surface area contributed by atoms with Gasteiger partial charge in [-0.25, -0.2) is 13.1 Å². The molecule has 0 unspecified atom stereocenters. The molecule has 0 amide bonds. The lowest BCUT2D eigenvalue weighted by molar-refractivity contribution is 0.280. The SMILES string of the molecule is CCc1ccc(S(=O)(=O)NCCn2ccnn2)cc1CO. The molecule has 1 aromatic heterocycles. The number of sulfonamides is 1. The number of nitrogens with zero attached hydrogens (tertiary/aromatic N) is 3. The summed E-state index contributed by atoms with van der Waals surface area (Å²) in [7, 11) is -3.59. The van der Waals surface area contributed by atoms with Gasteiger partial charge in [0.2, 0.25) is 10.0 Å². The second kappa shape index (κ2) is 6.79. The Morgan fingerprint density at radius 3 is 2.76 bits per heavy atom. The lowest BCUT2D eigenvalue weighted by Gasteiger charge is -2.10. The quantitative estimate of drug-likeness (QED) is 0.767. The van der Waals surface area contributed by atoms with Crippen molar-refractivity contribution in [2.45, 2.75) is 31.4 Å². The molecular formula is C13H18N4O3S. The van der Waals surface area contributed by atoms with E-state index in [1.165, 1.54) is 12.3 Å². The summed E-state index contributed by atoms with van der Waals surface area (Å²) in [6, 6.07) is 4.80. The number of hydrogen-bond donors (Lipinski definition) is 2. The zero-order valence-electron chi connectivity index (χ0n) is 11.7. The van der Waals surface area contributed by atoms with E-state index in [9.17, 15) is 13.5 Å². The van der Waals surface area contributed by atoms with Crippen LogP contribution in [0.3, 0.4) is 0 Å². The van der Waals surface area contributed by atoms with Crippen LogP contribution in [0.4, 0.5) is 0 Å². The molecule has 0 spiro atoms. The summed E-state index contributed by atoms with van der Waals surface area (Å²) in [4.78, 5) is 0.155. The van der Waals surface area contributed by atoms with Gasteiger partial charge in [-0.3, -0.25) is 4.68 Å². The van der Waals surface area contributed by atoms with E-state index in [2.05, 4.69) is 15.0 Å². The minimum Gasteiger partial charge on any atom is -0.392 e. The summed E-state index contributed by atoms with van der Waals surface area (Å²) in [5, 5.41) is 16.7. The molecule has 0 radical (unpaired) electrons. The molecule has 0 atom stereocenters. The number of hydrogen-bond acceptors (Lipinski definition) is 5. The van der Waals surface area contributed by atoms with E-state index in [1.807, 2.05) is 6.92 Å². The number of aliphatic hydroxyl groups is 1. The van der Waals surface area contributed by atoms with E-state index in [4.69, 9.17) is 0 Å². The topological polar surface area (TPSA) is 97.1 Å². The monoisotopic (exact) mass is 310 g/mol. The molecule has 0 aliphatic carbocycles. The fourth-order valence-electron chi connectivity index (χ4n) is 1.99. The van der Waals surface area contributed by atoms with Crippen LogP contribution >= 0.6 is 0 Å². The summed E-state index contributed by atoms with van der Waals surface area (Å²) in [6.45, 7) is 2.40. The predicted molar refractivity (Wildman–Crippen MR) is 77.0 cm³/mol. The first-order valence-corrected chi connectivity index (χ1v) is 8.11. The van der Waals surface area contributed by atoms with E-state index in [0.29, 0.717) is 12.1 Å². The summed E-state index contributed by atoms with van der Waals surface area (Å²) in [6.07, 6.45) is 3.94. The average molecular weight is 310 g/mol. The molecule has 0 fully saturated rings. The third kappa shape index (κ3) is 3.87. The molecular weight excluding hydrogens is 292 g/mol. The van der Waals surface area contributed by atoms with Crippen LogP contribution < -0.4 is 4.72 Å². The van der Waals surface area contributed by atoms with Crippen molar-refractivity contribution in [3.63, 3.8) is 0 Å². The second-order valence-corrected chi connectivity index (χ2v) is 6.27. The molecule has 1 heterocycles. The van der Waals surface area contributed by atoms with Gasteiger partial charge in [0, 0.05) is 12.7 Å². The highest BCUT2D eigenvalue weighted by atomic mass is 32.2. The van der Waals surface area contributed by atoms with Gasteiger partial charge in [0.1, 0.15) is 0 Å². The number of rotatable bonds is 7. The van der Waals surface area contributed by atoms with Crippen LogP contribution in [0.1, 0.15) is 18.1 Å². The molecule has 0 saturated carbocycles. The van der Waals surface area contributed by atoms with Gasteiger partial charge in [0.05, 0.1) is 24.2 Å². The molecule has 1 aromatic carbocycles. The van der Waals surface area contributed by atoms with Gasteiger partial charge in [-0.15, -0.1) is 5.10 Å². The Bertz CT molecular complexity index is 683. The van der Waals surface area contributed by atoms with Gasteiger partial charge >= 0.3 is 0 Å². The van der Waals surface area contributed by atoms with Gasteiger partial charge in [0.25, 0.3) is 0 Å². The highest BCUT2D eigenvalue weighted by molar-refractivity contribution is 7.89. The number of aryl methyl sites for hydroxylation is 1. The lowest BCUT2D eigenvalue weighted by atomic mass is 10.1. The van der Waals surface area contributed by atoms with Gasteiger partial charge < -0.3 is 5.11 Å².